The van der Waals surface area contributed by atoms with Crippen LogP contribution < -0.4 is 14.9 Å². The molecular formula is C19H17N3O6S. The van der Waals surface area contributed by atoms with Gasteiger partial charge in [0, 0.05) is 0 Å². The summed E-state index contributed by atoms with van der Waals surface area (Å²) in [5.74, 6) is -1.04. The highest BCUT2D eigenvalue weighted by Gasteiger charge is 2.28. The fraction of sp³-hybridized carbons (Fsp3) is 0.105. The number of ether oxygens (including phenoxy) is 1. The van der Waals surface area contributed by atoms with Gasteiger partial charge in [0.15, 0.2) is 6.61 Å². The minimum Gasteiger partial charge on any atom is -0.482 e. The van der Waals surface area contributed by atoms with Gasteiger partial charge in [0.1, 0.15) is 5.75 Å². The first-order valence-electron chi connectivity index (χ1n) is 8.34. The molecule has 0 aliphatic carbocycles. The number of amides is 1. The van der Waals surface area contributed by atoms with Crippen molar-refractivity contribution in [2.75, 3.05) is 11.6 Å². The molecular weight excluding hydrogens is 398 g/mol. The molecule has 9 nitrogen and oxygen atoms in total. The Kier molecular flexibility index (Phi) is 5.48. The Balaban J connectivity index is 1.79. The summed E-state index contributed by atoms with van der Waals surface area (Å²) in [5, 5.41) is 19.1. The van der Waals surface area contributed by atoms with Gasteiger partial charge < -0.3 is 9.84 Å². The zero-order chi connectivity index (χ0) is 21.2. The lowest BCUT2D eigenvalue weighted by Crippen LogP contribution is -2.21. The third-order valence-corrected chi connectivity index (χ3v) is 4.96. The largest absolute Gasteiger partial charge is 0.482 e. The van der Waals surface area contributed by atoms with Gasteiger partial charge >= 0.3 is 5.97 Å². The molecule has 150 valence electrons. The Morgan fingerprint density at radius 2 is 1.79 bits per heavy atom. The summed E-state index contributed by atoms with van der Waals surface area (Å²) in [6.07, 6.45) is 1.65. The first kappa shape index (κ1) is 20.2. The summed E-state index contributed by atoms with van der Waals surface area (Å²) >= 11 is 0. The van der Waals surface area contributed by atoms with E-state index in [1.807, 2.05) is 0 Å². The van der Waals surface area contributed by atoms with E-state index >= 15 is 0 Å². The molecule has 0 atom stereocenters. The molecule has 1 heterocycles. The lowest BCUT2D eigenvalue weighted by Gasteiger charge is -2.12. The molecule has 0 saturated carbocycles. The van der Waals surface area contributed by atoms with Gasteiger partial charge in [-0.25, -0.2) is 18.4 Å². The normalized spacial score (nSPS) is 15.5. The van der Waals surface area contributed by atoms with Crippen molar-refractivity contribution in [2.24, 2.45) is 10.2 Å². The molecule has 0 radical (unpaired) electrons. The first-order chi connectivity index (χ1) is 13.6. The molecule has 10 heteroatoms. The van der Waals surface area contributed by atoms with Crippen molar-refractivity contribution in [3.63, 3.8) is 0 Å². The van der Waals surface area contributed by atoms with E-state index in [2.05, 4.69) is 5.10 Å². The number of carboxylic acid groups (broad SMARTS) is 1. The Bertz CT molecular complexity index is 1120. The second kappa shape index (κ2) is 7.86. The number of rotatable bonds is 6. The Morgan fingerprint density at radius 3 is 2.34 bits per heavy atom. The van der Waals surface area contributed by atoms with Crippen LogP contribution in [0.1, 0.15) is 12.5 Å². The number of carbonyl (C=O) groups excluding carboxylic acids is 1. The second-order valence-corrected chi connectivity index (χ2v) is 7.71. The fourth-order valence-electron chi connectivity index (χ4n) is 2.61. The van der Waals surface area contributed by atoms with Crippen molar-refractivity contribution >= 4 is 39.4 Å². The summed E-state index contributed by atoms with van der Waals surface area (Å²) in [6.45, 7) is 1.25. The SMILES string of the molecule is CC1=NN(c2ccc(S(N)(=O)=O)cc2)C(=O)/C1=C\c1ccc(OCC(=O)O)cc1. The highest BCUT2D eigenvalue weighted by atomic mass is 32.2. The topological polar surface area (TPSA) is 139 Å². The van der Waals surface area contributed by atoms with Gasteiger partial charge in [-0.1, -0.05) is 12.1 Å². The van der Waals surface area contributed by atoms with Crippen molar-refractivity contribution in [1.82, 2.24) is 0 Å². The standard InChI is InChI=1S/C19H17N3O6S/c1-12-17(10-13-2-6-15(7-3-13)28-11-18(23)24)19(25)22(21-12)14-4-8-16(9-5-14)29(20,26)27/h2-10H,11H2,1H3,(H,23,24)(H2,20,26,27)/b17-10-. The third kappa shape index (κ3) is 4.68. The predicted molar refractivity (Wildman–Crippen MR) is 106 cm³/mol. The number of hydrazone groups is 1. The molecule has 29 heavy (non-hydrogen) atoms. The molecule has 1 amide bonds. The maximum absolute atomic E-state index is 12.8. The number of anilines is 1. The minimum atomic E-state index is -3.82. The average Bonchev–Trinajstić information content (AvgIpc) is 2.95. The lowest BCUT2D eigenvalue weighted by atomic mass is 10.1. The number of carboxylic acids is 1. The number of sulfonamides is 1. The molecule has 0 unspecified atom stereocenters. The summed E-state index contributed by atoms with van der Waals surface area (Å²) in [6, 6.07) is 12.1. The Labute approximate surface area is 166 Å². The van der Waals surface area contributed by atoms with Crippen LogP contribution in [0.2, 0.25) is 0 Å². The molecule has 1 aliphatic rings. The number of carbonyl (C=O) groups is 2. The van der Waals surface area contributed by atoms with Crippen LogP contribution >= 0.6 is 0 Å². The molecule has 2 aromatic rings. The molecule has 1 aliphatic heterocycles. The van der Waals surface area contributed by atoms with Gasteiger partial charge in [-0.2, -0.15) is 10.1 Å². The number of benzene rings is 2. The Hall–Kier alpha value is -3.50. The third-order valence-electron chi connectivity index (χ3n) is 4.03. The van der Waals surface area contributed by atoms with Crippen LogP contribution in [-0.4, -0.2) is 37.7 Å². The van der Waals surface area contributed by atoms with Gasteiger partial charge in [-0.15, -0.1) is 0 Å². The quantitative estimate of drug-likeness (QED) is 0.687. The van der Waals surface area contributed by atoms with Gasteiger partial charge in [0.05, 0.1) is 21.9 Å². The highest BCUT2D eigenvalue weighted by molar-refractivity contribution is 7.89. The van der Waals surface area contributed by atoms with Crippen LogP contribution in [0.25, 0.3) is 6.08 Å². The highest BCUT2D eigenvalue weighted by Crippen LogP contribution is 2.26. The van der Waals surface area contributed by atoms with Crippen LogP contribution in [0.5, 0.6) is 5.75 Å². The van der Waals surface area contributed by atoms with Crippen LogP contribution in [0.15, 0.2) is 64.1 Å². The first-order valence-corrected chi connectivity index (χ1v) is 9.89. The monoisotopic (exact) mass is 415 g/mol. The second-order valence-electron chi connectivity index (χ2n) is 6.15. The summed E-state index contributed by atoms with van der Waals surface area (Å²) in [5.41, 5.74) is 1.98. The average molecular weight is 415 g/mol. The van der Waals surface area contributed by atoms with Crippen molar-refractivity contribution in [3.05, 3.63) is 59.7 Å². The van der Waals surface area contributed by atoms with Crippen LogP contribution in [0, 0.1) is 0 Å². The maximum Gasteiger partial charge on any atom is 0.341 e. The van der Waals surface area contributed by atoms with E-state index < -0.39 is 22.6 Å². The van der Waals surface area contributed by atoms with Crippen molar-refractivity contribution in [1.29, 1.82) is 0 Å². The molecule has 3 N–H and O–H groups in total. The van der Waals surface area contributed by atoms with E-state index in [0.29, 0.717) is 28.3 Å². The summed E-state index contributed by atoms with van der Waals surface area (Å²) < 4.78 is 27.8. The minimum absolute atomic E-state index is 0.0606. The van der Waals surface area contributed by atoms with Crippen molar-refractivity contribution in [3.8, 4) is 5.75 Å². The van der Waals surface area contributed by atoms with Gasteiger partial charge in [-0.05, 0) is 55.0 Å². The number of aliphatic carboxylic acids is 1. The molecule has 0 bridgehead atoms. The number of hydrogen-bond acceptors (Lipinski definition) is 6. The van der Waals surface area contributed by atoms with Crippen LogP contribution in [0.3, 0.4) is 0 Å². The molecule has 3 rings (SSSR count). The van der Waals surface area contributed by atoms with E-state index in [9.17, 15) is 18.0 Å². The number of nitrogens with zero attached hydrogens (tertiary/aromatic N) is 2. The summed E-state index contributed by atoms with van der Waals surface area (Å²) in [4.78, 5) is 23.2. The zero-order valence-electron chi connectivity index (χ0n) is 15.3. The molecule has 0 aromatic heterocycles. The van der Waals surface area contributed by atoms with Crippen LogP contribution in [0.4, 0.5) is 5.69 Å². The van der Waals surface area contributed by atoms with Gasteiger partial charge in [-0.3, -0.25) is 4.79 Å². The zero-order valence-corrected chi connectivity index (χ0v) is 16.1. The molecule has 2 aromatic carbocycles. The number of primary sulfonamides is 1. The lowest BCUT2D eigenvalue weighted by molar-refractivity contribution is -0.139. The van der Waals surface area contributed by atoms with E-state index in [-0.39, 0.29) is 10.8 Å². The van der Waals surface area contributed by atoms with E-state index in [1.54, 1.807) is 37.3 Å². The van der Waals surface area contributed by atoms with E-state index in [0.717, 1.165) is 0 Å². The maximum atomic E-state index is 12.8. The number of hydrogen-bond donors (Lipinski definition) is 2. The number of nitrogens with two attached hydrogens (primary N) is 1. The van der Waals surface area contributed by atoms with Crippen molar-refractivity contribution < 1.29 is 27.9 Å². The van der Waals surface area contributed by atoms with Crippen LogP contribution in [-0.2, 0) is 19.6 Å². The van der Waals surface area contributed by atoms with E-state index in [4.69, 9.17) is 15.0 Å². The van der Waals surface area contributed by atoms with Crippen molar-refractivity contribution in [2.45, 2.75) is 11.8 Å². The summed E-state index contributed by atoms with van der Waals surface area (Å²) in [7, 11) is -3.82. The molecule has 0 spiro atoms. The van der Waals surface area contributed by atoms with Gasteiger partial charge in [0.25, 0.3) is 5.91 Å². The fourth-order valence-corrected chi connectivity index (χ4v) is 3.12. The van der Waals surface area contributed by atoms with E-state index in [1.165, 1.54) is 29.3 Å². The smallest absolute Gasteiger partial charge is 0.341 e. The Morgan fingerprint density at radius 1 is 1.17 bits per heavy atom. The predicted octanol–water partition coefficient (Wildman–Crippen LogP) is 1.60. The molecule has 0 fully saturated rings. The van der Waals surface area contributed by atoms with Gasteiger partial charge in [0.2, 0.25) is 10.0 Å². The molecule has 0 saturated heterocycles.